The van der Waals surface area contributed by atoms with Gasteiger partial charge in [0.05, 0.1) is 58.5 Å². The first-order valence-electron chi connectivity index (χ1n) is 29.5. The summed E-state index contributed by atoms with van der Waals surface area (Å²) < 4.78 is 108. The van der Waals surface area contributed by atoms with Crippen LogP contribution in [0.15, 0.2) is 230 Å². The van der Waals surface area contributed by atoms with Crippen molar-refractivity contribution in [3.63, 3.8) is 0 Å². The Morgan fingerprint density at radius 2 is 1.30 bits per heavy atom. The molecule has 8 nitrogen and oxygen atoms in total. The van der Waals surface area contributed by atoms with Crippen molar-refractivity contribution in [1.29, 1.82) is 0 Å². The summed E-state index contributed by atoms with van der Waals surface area (Å²) in [7, 11) is 0. The maximum absolute atomic E-state index is 9.24. The number of benzene rings is 9. The molecule has 2 aliphatic heterocycles. The highest BCUT2D eigenvalue weighted by molar-refractivity contribution is 6.97. The van der Waals surface area contributed by atoms with E-state index in [1.807, 2.05) is 126 Å². The van der Waals surface area contributed by atoms with Crippen LogP contribution in [-0.4, -0.2) is 32.3 Å². The Labute approximate surface area is 444 Å². The van der Waals surface area contributed by atoms with E-state index in [-0.39, 0.29) is 46.7 Å². The van der Waals surface area contributed by atoms with E-state index in [0.29, 0.717) is 51.7 Å². The first-order chi connectivity index (χ1) is 40.5. The van der Waals surface area contributed by atoms with Gasteiger partial charge in [0.15, 0.2) is 0 Å². The average Bonchev–Trinajstić information content (AvgIpc) is 3.59. The first kappa shape index (κ1) is 34.1. The van der Waals surface area contributed by atoms with Crippen LogP contribution in [0.4, 0.5) is 22.7 Å². The molecule has 0 bridgehead atoms. The third-order valence-electron chi connectivity index (χ3n) is 14.1. The van der Waals surface area contributed by atoms with Gasteiger partial charge in [-0.15, -0.1) is 0 Å². The Bertz CT molecular complexity index is 4610. The fourth-order valence-electron chi connectivity index (χ4n) is 10.7. The summed E-state index contributed by atoms with van der Waals surface area (Å²) in [6.45, 7) is 6.19. The van der Waals surface area contributed by atoms with E-state index in [4.69, 9.17) is 27.7 Å². The molecule has 354 valence electrons. The molecule has 0 fully saturated rings. The summed E-state index contributed by atoms with van der Waals surface area (Å²) >= 11 is 0. The summed E-state index contributed by atoms with van der Waals surface area (Å²) in [5, 5.41) is 0. The van der Waals surface area contributed by atoms with E-state index in [1.54, 1.807) is 18.2 Å². The molecule has 0 saturated carbocycles. The molecule has 0 spiro atoms. The van der Waals surface area contributed by atoms with Gasteiger partial charge in [-0.2, -0.15) is 0 Å². The molecule has 0 amide bonds. The predicted octanol–water partition coefficient (Wildman–Crippen LogP) is 14.1. The number of imidazole rings is 2. The molecule has 12 aromatic rings. The fraction of sp³-hybridized carbons (Fsp3) is 0.0769. The van der Waals surface area contributed by atoms with E-state index in [0.717, 1.165) is 44.0 Å². The number of hydrogen-bond acceptors (Lipinski definition) is 6. The van der Waals surface area contributed by atoms with Crippen molar-refractivity contribution >= 4 is 73.7 Å². The van der Waals surface area contributed by atoms with Gasteiger partial charge in [0.2, 0.25) is 5.78 Å². The molecular weight excluding hydrogens is 908 g/mol. The quantitative estimate of drug-likeness (QED) is 0.141. The first-order valence-corrected chi connectivity index (χ1v) is 24.5. The van der Waals surface area contributed by atoms with Gasteiger partial charge < -0.3 is 19.3 Å². The number of aromatic nitrogens is 4. The lowest BCUT2D eigenvalue weighted by Gasteiger charge is -2.31. The van der Waals surface area contributed by atoms with E-state index >= 15 is 0 Å². The fourth-order valence-corrected chi connectivity index (χ4v) is 10.7. The highest BCUT2D eigenvalue weighted by Crippen LogP contribution is 2.51. The average molecular weight is 967 g/mol. The van der Waals surface area contributed by atoms with Gasteiger partial charge in [0.25, 0.3) is 6.71 Å². The van der Waals surface area contributed by atoms with Crippen LogP contribution in [0.5, 0.6) is 23.0 Å². The zero-order chi connectivity index (χ0) is 58.2. The van der Waals surface area contributed by atoms with Crippen molar-refractivity contribution in [2.75, 3.05) is 16.5 Å². The smallest absolute Gasteiger partial charge is 0.255 e. The van der Waals surface area contributed by atoms with Gasteiger partial charge in [-0.3, -0.25) is 8.97 Å². The summed E-state index contributed by atoms with van der Waals surface area (Å²) in [6, 6.07) is 47.7. The highest BCUT2D eigenvalue weighted by Gasteiger charge is 2.38. The summed E-state index contributed by atoms with van der Waals surface area (Å²) in [5.74, 6) is 3.59. The lowest BCUT2D eigenvalue weighted by Crippen LogP contribution is -2.55. The molecule has 0 saturated heterocycles. The van der Waals surface area contributed by atoms with Crippen LogP contribution in [0.3, 0.4) is 0 Å². The zero-order valence-corrected chi connectivity index (χ0v) is 40.5. The van der Waals surface area contributed by atoms with E-state index < -0.39 is 60.4 Å². The monoisotopic (exact) mass is 966 g/mol. The van der Waals surface area contributed by atoms with Gasteiger partial charge in [-0.05, 0) is 82.2 Å². The highest BCUT2D eigenvalue weighted by atomic mass is 16.5. The summed E-state index contributed by atoms with van der Waals surface area (Å²) in [4.78, 5) is 14.1. The number of hydrogen-bond donors (Lipinski definition) is 0. The van der Waals surface area contributed by atoms with Gasteiger partial charge in [0.1, 0.15) is 35.5 Å². The van der Waals surface area contributed by atoms with Crippen LogP contribution in [0, 0.1) is 0 Å². The largest absolute Gasteiger partial charge is 0.458 e. The molecule has 9 heteroatoms. The number of anilines is 4. The normalized spacial score (nSPS) is 14.9. The second-order valence-corrected chi connectivity index (χ2v) is 19.5. The molecule has 0 atom stereocenters. The Morgan fingerprint density at radius 3 is 2.05 bits per heavy atom. The van der Waals surface area contributed by atoms with Gasteiger partial charge in [0, 0.05) is 41.0 Å². The lowest BCUT2D eigenvalue weighted by atomic mass is 9.35. The van der Waals surface area contributed by atoms with Crippen LogP contribution < -0.4 is 35.7 Å². The molecule has 0 radical (unpaired) electrons. The second-order valence-electron chi connectivity index (χ2n) is 19.5. The molecule has 0 aliphatic carbocycles. The maximum Gasteiger partial charge on any atom is 0.255 e. The molecule has 0 unspecified atom stereocenters. The van der Waals surface area contributed by atoms with Gasteiger partial charge in [-0.1, -0.05) is 178 Å². The van der Waals surface area contributed by atoms with E-state index in [9.17, 15) is 5.48 Å². The van der Waals surface area contributed by atoms with Crippen LogP contribution >= 0.6 is 0 Å². The van der Waals surface area contributed by atoms with Crippen molar-refractivity contribution < 1.29 is 23.2 Å². The Hall–Kier alpha value is -9.34. The summed E-state index contributed by atoms with van der Waals surface area (Å²) in [5.41, 5.74) is 9.50. The molecule has 3 aromatic heterocycles. The summed E-state index contributed by atoms with van der Waals surface area (Å²) in [6.07, 6.45) is 1.84. The van der Waals surface area contributed by atoms with E-state index in [2.05, 4.69) is 65.0 Å². The van der Waals surface area contributed by atoms with Crippen molar-refractivity contribution in [2.24, 2.45) is 0 Å². The third-order valence-corrected chi connectivity index (χ3v) is 14.1. The van der Waals surface area contributed by atoms with Gasteiger partial charge >= 0.3 is 0 Å². The van der Waals surface area contributed by atoms with Crippen molar-refractivity contribution in [3.8, 4) is 51.1 Å². The zero-order valence-electron chi connectivity index (χ0n) is 50.5. The molecule has 2 aliphatic rings. The van der Waals surface area contributed by atoms with Gasteiger partial charge in [-0.25, -0.2) is 9.97 Å². The number of pyridine rings is 1. The SMILES string of the molecule is [2H]c1c([2H])c([2H])c(-c2cccc(-c3c([2H])c([2H])c([2H])c([2H])c3[2H])c2N2CN(c3cc(Oc4ccc5c(c4)n(-c4cc(C(C)(C)C)ccn4)c4nc6ccccc6n54)c4c(c3)Oc3ccccc3B4c3ccccc3)c3ccccc32)c([2H])c1[2H]. The molecule has 74 heavy (non-hydrogen) atoms. The number of ether oxygens (including phenoxy) is 2. The molecule has 14 rings (SSSR count). The Balaban J connectivity index is 0.990. The number of para-hydroxylation sites is 6. The van der Waals surface area contributed by atoms with Crippen LogP contribution in [0.1, 0.15) is 40.0 Å². The van der Waals surface area contributed by atoms with E-state index in [1.165, 1.54) is 0 Å². The topological polar surface area (TPSA) is 60.1 Å². The van der Waals surface area contributed by atoms with Crippen LogP contribution in [0.2, 0.25) is 0 Å². The lowest BCUT2D eigenvalue weighted by molar-refractivity contribution is 0.467. The van der Waals surface area contributed by atoms with Crippen molar-refractivity contribution in [3.05, 3.63) is 236 Å². The number of rotatable bonds is 8. The minimum atomic E-state index is -0.569. The Kier molecular flexibility index (Phi) is 7.91. The molecule has 0 N–H and O–H groups in total. The number of nitrogens with zero attached hydrogens (tertiary/aromatic N) is 6. The van der Waals surface area contributed by atoms with Crippen molar-refractivity contribution in [1.82, 2.24) is 18.9 Å². The minimum absolute atomic E-state index is 0.0193. The van der Waals surface area contributed by atoms with Crippen molar-refractivity contribution in [2.45, 2.75) is 26.2 Å². The standard InChI is InChI=1S/C65H49BN6O2/c1-65(2,3)45-36-37-67-61(38-45)72-57-41-48(34-35-56(57)71-53-30-15-14-29-52(53)68-64(71)72)73-59-39-47(40-60-62(59)66(46-24-11-6-12-25-46)51-28-13-18-33-58(51)74-60)69-42-70(55-32-17-16-31-54(55)69)63-49(43-20-7-4-8-21-43)26-19-27-50(63)44-22-9-5-10-23-44/h4-41H,42H2,1-3H3/i4D,5D,7D,8D,9D,10D,20D,21D,22D,23D. The number of fused-ring (bicyclic) bond motifs is 8. The third kappa shape index (κ3) is 7.14. The van der Waals surface area contributed by atoms with Crippen LogP contribution in [-0.2, 0) is 5.41 Å². The predicted molar refractivity (Wildman–Crippen MR) is 303 cm³/mol. The maximum atomic E-state index is 9.24. The second kappa shape index (κ2) is 17.2. The minimum Gasteiger partial charge on any atom is -0.458 e. The molecule has 9 aromatic carbocycles. The molecular formula is C65H49BN6O2. The Morgan fingerprint density at radius 1 is 0.608 bits per heavy atom. The molecule has 5 heterocycles. The van der Waals surface area contributed by atoms with Crippen LogP contribution in [0.25, 0.3) is 55.9 Å².